The van der Waals surface area contributed by atoms with Crippen molar-refractivity contribution in [2.45, 2.75) is 25.9 Å². The standard InChI is InChI=1S/C24H17F3N4O/c1-12(2)13-6-8-14(9-7-13)30-18-5-3-4-17-20(18)19-15-10-29-23(24(25,26)27)31-21(15)22(32)16(19)11-28-17/h3-12,30H,1-2H3. The van der Waals surface area contributed by atoms with Crippen LogP contribution in [0.3, 0.4) is 0 Å². The number of hydrogen-bond acceptors (Lipinski definition) is 5. The average Bonchev–Trinajstić information content (AvgIpc) is 3.05. The number of ketones is 1. The van der Waals surface area contributed by atoms with Crippen LogP contribution in [-0.4, -0.2) is 20.7 Å². The maximum absolute atomic E-state index is 13.1. The second-order valence-corrected chi connectivity index (χ2v) is 7.93. The summed E-state index contributed by atoms with van der Waals surface area (Å²) in [6.07, 6.45) is -2.28. The zero-order chi connectivity index (χ0) is 22.6. The first-order chi connectivity index (χ1) is 15.2. The summed E-state index contributed by atoms with van der Waals surface area (Å²) in [7, 11) is 0. The minimum absolute atomic E-state index is 0.213. The minimum Gasteiger partial charge on any atom is -0.355 e. The SMILES string of the molecule is CC(C)c1ccc(Nc2cccc3ncc4c(c23)-c2cnc(C(F)(F)F)nc2C4=O)cc1. The van der Waals surface area contributed by atoms with E-state index in [2.05, 4.69) is 34.1 Å². The number of benzene rings is 2. The highest BCUT2D eigenvalue weighted by molar-refractivity contribution is 6.25. The fourth-order valence-electron chi connectivity index (χ4n) is 3.91. The van der Waals surface area contributed by atoms with Crippen molar-refractivity contribution >= 4 is 28.1 Å². The van der Waals surface area contributed by atoms with Crippen LogP contribution in [0, 0.1) is 0 Å². The number of rotatable bonds is 3. The first-order valence-electron chi connectivity index (χ1n) is 10.0. The van der Waals surface area contributed by atoms with E-state index in [1.54, 1.807) is 6.07 Å². The third-order valence-corrected chi connectivity index (χ3v) is 5.52. The van der Waals surface area contributed by atoms with Crippen LogP contribution < -0.4 is 5.32 Å². The molecule has 4 aromatic rings. The topological polar surface area (TPSA) is 67.8 Å². The molecule has 2 aromatic carbocycles. The molecule has 0 saturated heterocycles. The lowest BCUT2D eigenvalue weighted by Crippen LogP contribution is -2.13. The van der Waals surface area contributed by atoms with Gasteiger partial charge in [0.25, 0.3) is 0 Å². The van der Waals surface area contributed by atoms with Crippen molar-refractivity contribution in [1.29, 1.82) is 0 Å². The number of pyridine rings is 1. The second-order valence-electron chi connectivity index (χ2n) is 7.93. The summed E-state index contributed by atoms with van der Waals surface area (Å²) in [5.74, 6) is -1.52. The summed E-state index contributed by atoms with van der Waals surface area (Å²) < 4.78 is 39.3. The van der Waals surface area contributed by atoms with Gasteiger partial charge in [-0.15, -0.1) is 0 Å². The number of carbonyl (C=O) groups is 1. The highest BCUT2D eigenvalue weighted by Crippen LogP contribution is 2.43. The maximum Gasteiger partial charge on any atom is 0.451 e. The number of fused-ring (bicyclic) bond motifs is 5. The molecule has 1 aliphatic carbocycles. The van der Waals surface area contributed by atoms with E-state index in [0.717, 1.165) is 11.9 Å². The molecule has 2 aromatic heterocycles. The molecule has 5 rings (SSSR count). The van der Waals surface area contributed by atoms with Crippen molar-refractivity contribution in [2.75, 3.05) is 5.32 Å². The molecule has 0 fully saturated rings. The molecular formula is C24H17F3N4O. The van der Waals surface area contributed by atoms with Gasteiger partial charge in [-0.25, -0.2) is 9.97 Å². The van der Waals surface area contributed by atoms with Gasteiger partial charge in [-0.3, -0.25) is 9.78 Å². The Hall–Kier alpha value is -3.81. The molecule has 5 nitrogen and oxygen atoms in total. The third kappa shape index (κ3) is 3.19. The summed E-state index contributed by atoms with van der Waals surface area (Å²) in [6, 6.07) is 13.4. The Bertz CT molecular complexity index is 1380. The van der Waals surface area contributed by atoms with E-state index < -0.39 is 17.8 Å². The fraction of sp³-hybridized carbons (Fsp3) is 0.167. The zero-order valence-electron chi connectivity index (χ0n) is 17.2. The molecule has 32 heavy (non-hydrogen) atoms. The largest absolute Gasteiger partial charge is 0.451 e. The van der Waals surface area contributed by atoms with Crippen molar-refractivity contribution in [2.24, 2.45) is 0 Å². The number of anilines is 2. The summed E-state index contributed by atoms with van der Waals surface area (Å²) >= 11 is 0. The van der Waals surface area contributed by atoms with E-state index >= 15 is 0 Å². The number of aromatic nitrogens is 3. The van der Waals surface area contributed by atoms with E-state index in [1.165, 1.54) is 11.8 Å². The van der Waals surface area contributed by atoms with Gasteiger partial charge in [0.2, 0.25) is 11.6 Å². The molecule has 1 N–H and O–H groups in total. The third-order valence-electron chi connectivity index (χ3n) is 5.52. The molecule has 0 spiro atoms. The van der Waals surface area contributed by atoms with E-state index in [1.807, 2.05) is 36.4 Å². The average molecular weight is 434 g/mol. The van der Waals surface area contributed by atoms with Gasteiger partial charge in [0.05, 0.1) is 11.1 Å². The molecule has 0 amide bonds. The van der Waals surface area contributed by atoms with Crippen LogP contribution >= 0.6 is 0 Å². The molecule has 0 aliphatic heterocycles. The molecule has 0 saturated carbocycles. The molecule has 0 radical (unpaired) electrons. The highest BCUT2D eigenvalue weighted by Gasteiger charge is 2.39. The van der Waals surface area contributed by atoms with Gasteiger partial charge >= 0.3 is 6.18 Å². The van der Waals surface area contributed by atoms with Crippen molar-refractivity contribution in [1.82, 2.24) is 15.0 Å². The minimum atomic E-state index is -4.74. The summed E-state index contributed by atoms with van der Waals surface area (Å²) in [6.45, 7) is 4.23. The molecule has 0 bridgehead atoms. The molecule has 2 heterocycles. The van der Waals surface area contributed by atoms with Crippen molar-refractivity contribution in [3.8, 4) is 11.1 Å². The van der Waals surface area contributed by atoms with Gasteiger partial charge in [-0.1, -0.05) is 32.0 Å². The first-order valence-corrected chi connectivity index (χ1v) is 10.0. The van der Waals surface area contributed by atoms with Crippen molar-refractivity contribution in [3.05, 3.63) is 77.5 Å². The van der Waals surface area contributed by atoms with E-state index in [9.17, 15) is 18.0 Å². The maximum atomic E-state index is 13.1. The molecular weight excluding hydrogens is 417 g/mol. The van der Waals surface area contributed by atoms with Crippen LogP contribution in [0.4, 0.5) is 24.5 Å². The Morgan fingerprint density at radius 3 is 2.34 bits per heavy atom. The number of halogens is 3. The lowest BCUT2D eigenvalue weighted by atomic mass is 10.0. The van der Waals surface area contributed by atoms with Gasteiger partial charge in [-0.2, -0.15) is 13.2 Å². The lowest BCUT2D eigenvalue weighted by molar-refractivity contribution is -0.145. The Labute approximate surface area is 181 Å². The normalized spacial score (nSPS) is 12.9. The van der Waals surface area contributed by atoms with Gasteiger partial charge in [0.15, 0.2) is 0 Å². The summed E-state index contributed by atoms with van der Waals surface area (Å²) in [5.41, 5.74) is 4.05. The Kier molecular flexibility index (Phi) is 4.47. The van der Waals surface area contributed by atoms with Gasteiger partial charge in [0.1, 0.15) is 5.69 Å². The summed E-state index contributed by atoms with van der Waals surface area (Å²) in [5, 5.41) is 3.98. The molecule has 0 unspecified atom stereocenters. The predicted molar refractivity (Wildman–Crippen MR) is 115 cm³/mol. The van der Waals surface area contributed by atoms with Gasteiger partial charge in [-0.05, 0) is 35.7 Å². The van der Waals surface area contributed by atoms with Crippen LogP contribution in [0.25, 0.3) is 22.0 Å². The quantitative estimate of drug-likeness (QED) is 0.370. The Morgan fingerprint density at radius 2 is 1.66 bits per heavy atom. The van der Waals surface area contributed by atoms with Gasteiger partial charge < -0.3 is 5.32 Å². The molecule has 160 valence electrons. The smallest absolute Gasteiger partial charge is 0.355 e. The predicted octanol–water partition coefficient (Wildman–Crippen LogP) is 6.12. The number of nitrogens with zero attached hydrogens (tertiary/aromatic N) is 3. The second kappa shape index (κ2) is 7.12. The fourth-order valence-corrected chi connectivity index (χ4v) is 3.91. The Morgan fingerprint density at radius 1 is 0.938 bits per heavy atom. The summed E-state index contributed by atoms with van der Waals surface area (Å²) in [4.78, 5) is 24.2. The number of carbonyl (C=O) groups excluding carboxylic acids is 1. The van der Waals surface area contributed by atoms with E-state index in [-0.39, 0.29) is 16.8 Å². The Balaban J connectivity index is 1.67. The van der Waals surface area contributed by atoms with E-state index in [4.69, 9.17) is 0 Å². The molecule has 8 heteroatoms. The zero-order valence-corrected chi connectivity index (χ0v) is 17.2. The molecule has 1 aliphatic rings. The van der Waals surface area contributed by atoms with Crippen LogP contribution in [0.5, 0.6) is 0 Å². The van der Waals surface area contributed by atoms with Crippen LogP contribution in [0.1, 0.15) is 47.2 Å². The van der Waals surface area contributed by atoms with Crippen molar-refractivity contribution in [3.63, 3.8) is 0 Å². The highest BCUT2D eigenvalue weighted by atomic mass is 19.4. The monoisotopic (exact) mass is 434 g/mol. The lowest BCUT2D eigenvalue weighted by Gasteiger charge is -2.14. The van der Waals surface area contributed by atoms with Crippen molar-refractivity contribution < 1.29 is 18.0 Å². The van der Waals surface area contributed by atoms with E-state index in [0.29, 0.717) is 28.1 Å². The van der Waals surface area contributed by atoms with Crippen LogP contribution in [0.2, 0.25) is 0 Å². The van der Waals surface area contributed by atoms with Gasteiger partial charge in [0, 0.05) is 40.3 Å². The first kappa shape index (κ1) is 20.1. The number of hydrogen-bond donors (Lipinski definition) is 1. The number of nitrogens with one attached hydrogen (secondary N) is 1. The molecule has 0 atom stereocenters. The number of alkyl halides is 3. The van der Waals surface area contributed by atoms with Crippen LogP contribution in [-0.2, 0) is 6.18 Å². The van der Waals surface area contributed by atoms with Crippen LogP contribution in [0.15, 0.2) is 54.9 Å².